The Balaban J connectivity index is 1.71. The SMILES string of the molecule is CN(C)C(=O)C1(Nc2ccnn2C)CCN(C(=O)Cn2ccnn2)CC1. The van der Waals surface area contributed by atoms with Gasteiger partial charge in [-0.2, -0.15) is 5.10 Å². The molecule has 1 fully saturated rings. The summed E-state index contributed by atoms with van der Waals surface area (Å²) in [7, 11) is 5.32. The van der Waals surface area contributed by atoms with Crippen molar-refractivity contribution in [3.8, 4) is 0 Å². The molecule has 1 aliphatic heterocycles. The Morgan fingerprint density at radius 2 is 2.00 bits per heavy atom. The van der Waals surface area contributed by atoms with Gasteiger partial charge in [-0.1, -0.05) is 5.21 Å². The van der Waals surface area contributed by atoms with Crippen molar-refractivity contribution in [3.05, 3.63) is 24.7 Å². The quantitative estimate of drug-likeness (QED) is 0.777. The molecule has 0 radical (unpaired) electrons. The van der Waals surface area contributed by atoms with E-state index < -0.39 is 5.54 Å². The van der Waals surface area contributed by atoms with Crippen molar-refractivity contribution in [2.45, 2.75) is 24.9 Å². The third-order valence-corrected chi connectivity index (χ3v) is 4.74. The zero-order chi connectivity index (χ0) is 18.7. The van der Waals surface area contributed by atoms with E-state index in [0.29, 0.717) is 25.9 Å². The molecule has 0 atom stereocenters. The van der Waals surface area contributed by atoms with Crippen LogP contribution in [0, 0.1) is 0 Å². The second kappa shape index (κ2) is 7.14. The lowest BCUT2D eigenvalue weighted by Crippen LogP contribution is -2.59. The number of nitrogens with zero attached hydrogens (tertiary/aromatic N) is 7. The van der Waals surface area contributed by atoms with E-state index >= 15 is 0 Å². The summed E-state index contributed by atoms with van der Waals surface area (Å²) in [6, 6.07) is 1.84. The summed E-state index contributed by atoms with van der Waals surface area (Å²) in [4.78, 5) is 28.7. The highest BCUT2D eigenvalue weighted by Gasteiger charge is 2.43. The highest BCUT2D eigenvalue weighted by Crippen LogP contribution is 2.29. The van der Waals surface area contributed by atoms with Crippen LogP contribution in [0.2, 0.25) is 0 Å². The fourth-order valence-electron chi connectivity index (χ4n) is 3.26. The van der Waals surface area contributed by atoms with Crippen LogP contribution in [0.3, 0.4) is 0 Å². The van der Waals surface area contributed by atoms with Gasteiger partial charge < -0.3 is 15.1 Å². The molecule has 2 amide bonds. The lowest BCUT2D eigenvalue weighted by Gasteiger charge is -2.42. The van der Waals surface area contributed by atoms with Crippen molar-refractivity contribution >= 4 is 17.6 Å². The Labute approximate surface area is 151 Å². The summed E-state index contributed by atoms with van der Waals surface area (Å²) in [5, 5.41) is 15.1. The van der Waals surface area contributed by atoms with Crippen LogP contribution in [-0.2, 0) is 23.2 Å². The Bertz CT molecular complexity index is 759. The number of aryl methyl sites for hydroxylation is 1. The molecule has 0 saturated carbocycles. The summed E-state index contributed by atoms with van der Waals surface area (Å²) in [6.45, 7) is 1.15. The van der Waals surface area contributed by atoms with Crippen molar-refractivity contribution in [1.82, 2.24) is 34.6 Å². The smallest absolute Gasteiger partial charge is 0.247 e. The molecule has 26 heavy (non-hydrogen) atoms. The maximum Gasteiger partial charge on any atom is 0.247 e. The zero-order valence-electron chi connectivity index (χ0n) is 15.3. The molecular formula is C16H24N8O2. The van der Waals surface area contributed by atoms with Gasteiger partial charge in [0.2, 0.25) is 11.8 Å². The molecule has 2 aromatic rings. The fourth-order valence-corrected chi connectivity index (χ4v) is 3.26. The van der Waals surface area contributed by atoms with Crippen molar-refractivity contribution in [3.63, 3.8) is 0 Å². The van der Waals surface area contributed by atoms with Gasteiger partial charge in [0.25, 0.3) is 0 Å². The number of rotatable bonds is 5. The predicted molar refractivity (Wildman–Crippen MR) is 94.1 cm³/mol. The van der Waals surface area contributed by atoms with Crippen LogP contribution < -0.4 is 5.32 Å². The first-order valence-electron chi connectivity index (χ1n) is 8.51. The number of likely N-dealkylation sites (N-methyl/N-ethyl adjacent to an activating group) is 1. The molecule has 1 aliphatic rings. The average Bonchev–Trinajstić information content (AvgIpc) is 3.27. The van der Waals surface area contributed by atoms with Crippen molar-refractivity contribution in [2.24, 2.45) is 7.05 Å². The number of aromatic nitrogens is 5. The first kappa shape index (κ1) is 17.9. The molecule has 0 aliphatic carbocycles. The highest BCUT2D eigenvalue weighted by atomic mass is 16.2. The number of carbonyl (C=O) groups excluding carboxylic acids is 2. The molecule has 2 aromatic heterocycles. The molecule has 0 spiro atoms. The van der Waals surface area contributed by atoms with E-state index in [4.69, 9.17) is 0 Å². The van der Waals surface area contributed by atoms with Crippen molar-refractivity contribution in [2.75, 3.05) is 32.5 Å². The van der Waals surface area contributed by atoms with Gasteiger partial charge in [-0.25, -0.2) is 4.68 Å². The van der Waals surface area contributed by atoms with Crippen LogP contribution in [0.4, 0.5) is 5.82 Å². The summed E-state index contributed by atoms with van der Waals surface area (Å²) in [5.41, 5.74) is -0.749. The molecule has 3 rings (SSSR count). The number of piperidine rings is 1. The van der Waals surface area contributed by atoms with Gasteiger partial charge in [0, 0.05) is 46.5 Å². The maximum absolute atomic E-state index is 12.9. The number of amides is 2. The van der Waals surface area contributed by atoms with Crippen LogP contribution in [0.15, 0.2) is 24.7 Å². The van der Waals surface area contributed by atoms with E-state index in [0.717, 1.165) is 5.82 Å². The Kier molecular flexibility index (Phi) is 4.92. The van der Waals surface area contributed by atoms with E-state index in [1.807, 2.05) is 13.1 Å². The molecule has 140 valence electrons. The molecule has 10 heteroatoms. The second-order valence-electron chi connectivity index (χ2n) is 6.73. The predicted octanol–water partition coefficient (Wildman–Crippen LogP) is -0.427. The van der Waals surface area contributed by atoms with Gasteiger partial charge in [0.15, 0.2) is 0 Å². The van der Waals surface area contributed by atoms with Crippen LogP contribution in [-0.4, -0.2) is 79.1 Å². The topological polar surface area (TPSA) is 101 Å². The number of carbonyl (C=O) groups is 2. The zero-order valence-corrected chi connectivity index (χ0v) is 15.3. The maximum atomic E-state index is 12.9. The molecule has 1 saturated heterocycles. The van der Waals surface area contributed by atoms with E-state index in [1.54, 1.807) is 47.2 Å². The van der Waals surface area contributed by atoms with Crippen molar-refractivity contribution in [1.29, 1.82) is 0 Å². The van der Waals surface area contributed by atoms with E-state index in [2.05, 4.69) is 20.7 Å². The van der Waals surface area contributed by atoms with E-state index in [-0.39, 0.29) is 18.4 Å². The van der Waals surface area contributed by atoms with Gasteiger partial charge in [-0.15, -0.1) is 5.10 Å². The number of anilines is 1. The van der Waals surface area contributed by atoms with Crippen molar-refractivity contribution < 1.29 is 9.59 Å². The molecule has 0 bridgehead atoms. The van der Waals surface area contributed by atoms with E-state index in [1.165, 1.54) is 4.68 Å². The molecule has 0 unspecified atom stereocenters. The summed E-state index contributed by atoms with van der Waals surface area (Å²) in [5.74, 6) is 0.756. The van der Waals surface area contributed by atoms with Crippen LogP contribution in [0.1, 0.15) is 12.8 Å². The van der Waals surface area contributed by atoms with Gasteiger partial charge in [0.05, 0.1) is 12.4 Å². The Morgan fingerprint density at radius 1 is 1.27 bits per heavy atom. The minimum absolute atomic E-state index is 0.00192. The largest absolute Gasteiger partial charge is 0.356 e. The lowest BCUT2D eigenvalue weighted by molar-refractivity contribution is -0.140. The Hall–Kier alpha value is -2.91. The molecule has 10 nitrogen and oxygen atoms in total. The van der Waals surface area contributed by atoms with Gasteiger partial charge in [-0.05, 0) is 12.8 Å². The van der Waals surface area contributed by atoms with Crippen LogP contribution >= 0.6 is 0 Å². The standard InChI is InChI=1S/C16H24N8O2/c1-21(2)15(26)16(19-13-4-7-18-22(13)3)5-9-23(10-6-16)14(25)12-24-11-8-17-20-24/h4,7-8,11,19H,5-6,9-10,12H2,1-3H3. The minimum Gasteiger partial charge on any atom is -0.356 e. The van der Waals surface area contributed by atoms with Gasteiger partial charge >= 0.3 is 0 Å². The second-order valence-corrected chi connectivity index (χ2v) is 6.73. The summed E-state index contributed by atoms with van der Waals surface area (Å²) in [6.07, 6.45) is 5.94. The average molecular weight is 360 g/mol. The molecular weight excluding hydrogens is 336 g/mol. The molecule has 0 aromatic carbocycles. The molecule has 3 heterocycles. The Morgan fingerprint density at radius 3 is 2.54 bits per heavy atom. The highest BCUT2D eigenvalue weighted by molar-refractivity contribution is 5.89. The third kappa shape index (κ3) is 3.53. The number of nitrogens with one attached hydrogen (secondary N) is 1. The lowest BCUT2D eigenvalue weighted by atomic mass is 9.85. The monoisotopic (exact) mass is 360 g/mol. The van der Waals surface area contributed by atoms with Gasteiger partial charge in [0.1, 0.15) is 17.9 Å². The molecule has 1 N–H and O–H groups in total. The summed E-state index contributed by atoms with van der Waals surface area (Å²) < 4.78 is 3.20. The minimum atomic E-state index is -0.749. The third-order valence-electron chi connectivity index (χ3n) is 4.74. The first-order chi connectivity index (χ1) is 12.4. The number of likely N-dealkylation sites (tertiary alicyclic amines) is 1. The fraction of sp³-hybridized carbons (Fsp3) is 0.562. The van der Waals surface area contributed by atoms with Gasteiger partial charge in [-0.3, -0.25) is 14.3 Å². The number of hydrogen-bond donors (Lipinski definition) is 1. The first-order valence-corrected chi connectivity index (χ1v) is 8.51. The normalized spacial score (nSPS) is 16.3. The van der Waals surface area contributed by atoms with Crippen LogP contribution in [0.25, 0.3) is 0 Å². The number of hydrogen-bond acceptors (Lipinski definition) is 6. The van der Waals surface area contributed by atoms with Crippen LogP contribution in [0.5, 0.6) is 0 Å². The van der Waals surface area contributed by atoms with E-state index in [9.17, 15) is 9.59 Å². The summed E-state index contributed by atoms with van der Waals surface area (Å²) >= 11 is 0.